The summed E-state index contributed by atoms with van der Waals surface area (Å²) in [5.74, 6) is -0.957. The SMILES string of the molecule is CCOc1ccc(F)c(C=NN=C(N)SCc2ccccc2)c1F. The predicted octanol–water partition coefficient (Wildman–Crippen LogP) is 3.95. The van der Waals surface area contributed by atoms with Gasteiger partial charge < -0.3 is 10.5 Å². The molecule has 2 aromatic rings. The Balaban J connectivity index is 2.03. The highest BCUT2D eigenvalue weighted by atomic mass is 32.2. The lowest BCUT2D eigenvalue weighted by Gasteiger charge is -2.06. The Bertz CT molecular complexity index is 736. The molecular weight excluding hydrogens is 332 g/mol. The van der Waals surface area contributed by atoms with Crippen LogP contribution in [0.3, 0.4) is 0 Å². The van der Waals surface area contributed by atoms with Crippen LogP contribution in [-0.4, -0.2) is 18.0 Å². The van der Waals surface area contributed by atoms with Crippen molar-refractivity contribution in [2.24, 2.45) is 15.9 Å². The molecule has 0 saturated carbocycles. The summed E-state index contributed by atoms with van der Waals surface area (Å²) < 4.78 is 32.8. The minimum absolute atomic E-state index is 0.0317. The number of nitrogens with zero attached hydrogens (tertiary/aromatic N) is 2. The van der Waals surface area contributed by atoms with Crippen LogP contribution in [0.1, 0.15) is 18.1 Å². The van der Waals surface area contributed by atoms with Crippen LogP contribution < -0.4 is 10.5 Å². The summed E-state index contributed by atoms with van der Waals surface area (Å²) in [5, 5.41) is 7.61. The molecular formula is C17H17F2N3OS. The van der Waals surface area contributed by atoms with E-state index in [4.69, 9.17) is 10.5 Å². The molecule has 4 nitrogen and oxygen atoms in total. The van der Waals surface area contributed by atoms with Crippen molar-refractivity contribution in [2.45, 2.75) is 12.7 Å². The molecule has 0 fully saturated rings. The van der Waals surface area contributed by atoms with E-state index in [2.05, 4.69) is 10.2 Å². The summed E-state index contributed by atoms with van der Waals surface area (Å²) in [6, 6.07) is 12.1. The van der Waals surface area contributed by atoms with Gasteiger partial charge in [0.15, 0.2) is 16.7 Å². The maximum absolute atomic E-state index is 14.1. The van der Waals surface area contributed by atoms with E-state index in [1.165, 1.54) is 17.8 Å². The van der Waals surface area contributed by atoms with Gasteiger partial charge in [-0.2, -0.15) is 5.10 Å². The first-order valence-electron chi connectivity index (χ1n) is 7.25. The first-order valence-corrected chi connectivity index (χ1v) is 8.24. The smallest absolute Gasteiger partial charge is 0.180 e. The van der Waals surface area contributed by atoms with E-state index >= 15 is 0 Å². The molecule has 0 heterocycles. The zero-order valence-corrected chi connectivity index (χ0v) is 13.9. The van der Waals surface area contributed by atoms with Crippen molar-refractivity contribution >= 4 is 23.1 Å². The van der Waals surface area contributed by atoms with Gasteiger partial charge in [0.25, 0.3) is 0 Å². The van der Waals surface area contributed by atoms with E-state index in [-0.39, 0.29) is 23.1 Å². The maximum atomic E-state index is 14.1. The van der Waals surface area contributed by atoms with Crippen LogP contribution >= 0.6 is 11.8 Å². The molecule has 0 radical (unpaired) electrons. The number of benzene rings is 2. The molecule has 0 bridgehead atoms. The van der Waals surface area contributed by atoms with Crippen LogP contribution in [0.5, 0.6) is 5.75 Å². The van der Waals surface area contributed by atoms with E-state index in [1.54, 1.807) is 6.92 Å². The number of ether oxygens (including phenoxy) is 1. The van der Waals surface area contributed by atoms with Gasteiger partial charge in [-0.15, -0.1) is 5.10 Å². The number of hydrogen-bond donors (Lipinski definition) is 1. The van der Waals surface area contributed by atoms with E-state index in [0.29, 0.717) is 5.75 Å². The monoisotopic (exact) mass is 349 g/mol. The maximum Gasteiger partial charge on any atom is 0.180 e. The largest absolute Gasteiger partial charge is 0.491 e. The quantitative estimate of drug-likeness (QED) is 0.488. The average Bonchev–Trinajstić information content (AvgIpc) is 2.59. The van der Waals surface area contributed by atoms with E-state index < -0.39 is 11.6 Å². The Morgan fingerprint density at radius 1 is 1.21 bits per heavy atom. The van der Waals surface area contributed by atoms with Crippen molar-refractivity contribution in [1.29, 1.82) is 0 Å². The van der Waals surface area contributed by atoms with Crippen LogP contribution in [-0.2, 0) is 5.75 Å². The fraction of sp³-hybridized carbons (Fsp3) is 0.176. The van der Waals surface area contributed by atoms with Gasteiger partial charge in [0.2, 0.25) is 0 Å². The highest BCUT2D eigenvalue weighted by molar-refractivity contribution is 8.13. The van der Waals surface area contributed by atoms with Crippen molar-refractivity contribution in [3.05, 3.63) is 65.2 Å². The highest BCUT2D eigenvalue weighted by Gasteiger charge is 2.12. The van der Waals surface area contributed by atoms with Crippen LogP contribution in [0.15, 0.2) is 52.7 Å². The standard InChI is InChI=1S/C17H17F2N3OS/c1-2-23-15-9-8-14(18)13(16(15)19)10-21-22-17(20)24-11-12-6-4-3-5-7-12/h3-10H,2,11H2,1H3,(H2,20,22). The number of nitrogens with two attached hydrogens (primary N) is 1. The third kappa shape index (κ3) is 5.06. The summed E-state index contributed by atoms with van der Waals surface area (Å²) in [5.41, 5.74) is 6.50. The van der Waals surface area contributed by atoms with Crippen molar-refractivity contribution in [3.63, 3.8) is 0 Å². The third-order valence-corrected chi connectivity index (χ3v) is 3.82. The summed E-state index contributed by atoms with van der Waals surface area (Å²) >= 11 is 1.29. The van der Waals surface area contributed by atoms with Gasteiger partial charge in [0, 0.05) is 5.75 Å². The van der Waals surface area contributed by atoms with E-state index in [1.807, 2.05) is 30.3 Å². The number of thioether (sulfide) groups is 1. The van der Waals surface area contributed by atoms with Crippen LogP contribution in [0.2, 0.25) is 0 Å². The highest BCUT2D eigenvalue weighted by Crippen LogP contribution is 2.22. The molecule has 0 amide bonds. The number of rotatable bonds is 6. The zero-order chi connectivity index (χ0) is 17.4. The molecule has 2 rings (SSSR count). The molecule has 0 unspecified atom stereocenters. The van der Waals surface area contributed by atoms with Gasteiger partial charge in [0.1, 0.15) is 5.82 Å². The molecule has 0 aliphatic heterocycles. The fourth-order valence-corrected chi connectivity index (χ4v) is 2.45. The lowest BCUT2D eigenvalue weighted by Crippen LogP contribution is -2.06. The second kappa shape index (κ2) is 9.02. The summed E-state index contributed by atoms with van der Waals surface area (Å²) in [7, 11) is 0. The van der Waals surface area contributed by atoms with Crippen LogP contribution in [0.25, 0.3) is 0 Å². The Kier molecular flexibility index (Phi) is 6.74. The van der Waals surface area contributed by atoms with Crippen molar-refractivity contribution < 1.29 is 13.5 Å². The first-order chi connectivity index (χ1) is 11.6. The Morgan fingerprint density at radius 2 is 1.96 bits per heavy atom. The second-order valence-corrected chi connectivity index (χ2v) is 5.66. The second-order valence-electron chi connectivity index (χ2n) is 4.66. The minimum atomic E-state index is -0.814. The summed E-state index contributed by atoms with van der Waals surface area (Å²) in [4.78, 5) is 0. The number of halogens is 2. The lowest BCUT2D eigenvalue weighted by molar-refractivity contribution is 0.320. The van der Waals surface area contributed by atoms with Gasteiger partial charge in [-0.25, -0.2) is 8.78 Å². The van der Waals surface area contributed by atoms with Gasteiger partial charge in [-0.05, 0) is 24.6 Å². The molecule has 0 aliphatic carbocycles. The van der Waals surface area contributed by atoms with E-state index in [0.717, 1.165) is 17.8 Å². The fourth-order valence-electron chi connectivity index (χ4n) is 1.84. The van der Waals surface area contributed by atoms with Gasteiger partial charge in [0.05, 0.1) is 18.4 Å². The Hall–Kier alpha value is -2.41. The number of amidine groups is 1. The van der Waals surface area contributed by atoms with E-state index in [9.17, 15) is 8.78 Å². The predicted molar refractivity (Wildman–Crippen MR) is 94.5 cm³/mol. The van der Waals surface area contributed by atoms with Crippen molar-refractivity contribution in [1.82, 2.24) is 0 Å². The van der Waals surface area contributed by atoms with Gasteiger partial charge in [-0.1, -0.05) is 42.1 Å². The molecule has 2 N–H and O–H groups in total. The molecule has 2 aromatic carbocycles. The molecule has 0 saturated heterocycles. The first kappa shape index (κ1) is 17.9. The Labute approximate surface area is 143 Å². The average molecular weight is 349 g/mol. The molecule has 0 aliphatic rings. The van der Waals surface area contributed by atoms with Crippen molar-refractivity contribution in [3.8, 4) is 5.75 Å². The molecule has 126 valence electrons. The summed E-state index contributed by atoms with van der Waals surface area (Å²) in [6.45, 7) is 1.99. The normalized spacial score (nSPS) is 11.9. The topological polar surface area (TPSA) is 60.0 Å². The third-order valence-electron chi connectivity index (χ3n) is 2.96. The van der Waals surface area contributed by atoms with Crippen LogP contribution in [0.4, 0.5) is 8.78 Å². The minimum Gasteiger partial charge on any atom is -0.491 e. The molecule has 24 heavy (non-hydrogen) atoms. The van der Waals surface area contributed by atoms with Gasteiger partial charge >= 0.3 is 0 Å². The molecule has 0 aromatic heterocycles. The number of hydrogen-bond acceptors (Lipinski definition) is 4. The van der Waals surface area contributed by atoms with Gasteiger partial charge in [-0.3, -0.25) is 0 Å². The molecule has 7 heteroatoms. The zero-order valence-electron chi connectivity index (χ0n) is 13.1. The Morgan fingerprint density at radius 3 is 2.67 bits per heavy atom. The lowest BCUT2D eigenvalue weighted by atomic mass is 10.2. The van der Waals surface area contributed by atoms with Crippen molar-refractivity contribution in [2.75, 3.05) is 6.61 Å². The molecule has 0 spiro atoms. The van der Waals surface area contributed by atoms with Crippen LogP contribution in [0, 0.1) is 11.6 Å². The molecule has 0 atom stereocenters. The summed E-state index contributed by atoms with van der Waals surface area (Å²) in [6.07, 6.45) is 0.989.